The van der Waals surface area contributed by atoms with E-state index in [0.717, 1.165) is 0 Å². The first-order valence-electron chi connectivity index (χ1n) is 6.15. The van der Waals surface area contributed by atoms with Crippen molar-refractivity contribution in [1.29, 1.82) is 0 Å². The lowest BCUT2D eigenvalue weighted by Crippen LogP contribution is -2.12. The monoisotopic (exact) mass is 278 g/mol. The molecule has 106 valence electrons. The summed E-state index contributed by atoms with van der Waals surface area (Å²) in [4.78, 5) is 11.3. The molecule has 0 aromatic rings. The number of carbonyl (C=O) groups is 1. The summed E-state index contributed by atoms with van der Waals surface area (Å²) in [5, 5.41) is 0. The highest BCUT2D eigenvalue weighted by Gasteiger charge is 2.25. The zero-order valence-electron chi connectivity index (χ0n) is 11.8. The van der Waals surface area contributed by atoms with Gasteiger partial charge in [0.1, 0.15) is 0 Å². The van der Waals surface area contributed by atoms with E-state index in [1.54, 1.807) is 34.6 Å². The fourth-order valence-corrected chi connectivity index (χ4v) is 2.64. The zero-order valence-corrected chi connectivity index (χ0v) is 12.7. The van der Waals surface area contributed by atoms with Gasteiger partial charge in [0.05, 0.1) is 19.3 Å². The highest BCUT2D eigenvalue weighted by molar-refractivity contribution is 7.53. The molecule has 0 aliphatic carbocycles. The van der Waals surface area contributed by atoms with Crippen molar-refractivity contribution in [2.24, 2.45) is 0 Å². The second-order valence-electron chi connectivity index (χ2n) is 3.73. The summed E-state index contributed by atoms with van der Waals surface area (Å²) in [7, 11) is -3.06. The Morgan fingerprint density at radius 1 is 1.28 bits per heavy atom. The maximum atomic E-state index is 12.1. The predicted octanol–water partition coefficient (Wildman–Crippen LogP) is 3.15. The van der Waals surface area contributed by atoms with Crippen molar-refractivity contribution in [1.82, 2.24) is 0 Å². The second kappa shape index (κ2) is 8.46. The van der Waals surface area contributed by atoms with Gasteiger partial charge in [0, 0.05) is 12.2 Å². The Labute approximate surface area is 109 Å². The van der Waals surface area contributed by atoms with Crippen LogP contribution in [-0.2, 0) is 23.1 Å². The molecule has 0 aromatic heterocycles. The molecular weight excluding hydrogens is 255 g/mol. The summed E-state index contributed by atoms with van der Waals surface area (Å²) < 4.78 is 27.5. The molecule has 0 spiro atoms. The molecular formula is C12H23O5P. The molecule has 0 amide bonds. The average molecular weight is 278 g/mol. The molecule has 5 nitrogen and oxygen atoms in total. The fourth-order valence-electron chi connectivity index (χ4n) is 1.20. The smallest absolute Gasteiger partial charge is 0.330 e. The van der Waals surface area contributed by atoms with E-state index in [0.29, 0.717) is 24.9 Å². The molecule has 0 rings (SSSR count). The van der Waals surface area contributed by atoms with Gasteiger partial charge in [0.25, 0.3) is 0 Å². The highest BCUT2D eigenvalue weighted by atomic mass is 31.2. The van der Waals surface area contributed by atoms with Gasteiger partial charge in [0.2, 0.25) is 0 Å². The van der Waals surface area contributed by atoms with E-state index in [4.69, 9.17) is 13.8 Å². The van der Waals surface area contributed by atoms with Crippen LogP contribution < -0.4 is 0 Å². The largest absolute Gasteiger partial charge is 0.463 e. The Hall–Kier alpha value is -0.640. The molecule has 0 heterocycles. The molecule has 0 fully saturated rings. The summed E-state index contributed by atoms with van der Waals surface area (Å²) in [6.45, 7) is 9.36. The molecule has 0 aromatic carbocycles. The topological polar surface area (TPSA) is 61.8 Å². The van der Waals surface area contributed by atoms with Crippen LogP contribution in [0.1, 0.15) is 34.6 Å². The third kappa shape index (κ3) is 6.34. The minimum Gasteiger partial charge on any atom is -0.463 e. The Bertz CT molecular complexity index is 337. The number of hydrogen-bond acceptors (Lipinski definition) is 5. The first kappa shape index (κ1) is 17.4. The van der Waals surface area contributed by atoms with Gasteiger partial charge in [-0.1, -0.05) is 6.92 Å². The lowest BCUT2D eigenvalue weighted by Gasteiger charge is -2.21. The van der Waals surface area contributed by atoms with Gasteiger partial charge >= 0.3 is 13.6 Å². The van der Waals surface area contributed by atoms with Gasteiger partial charge in [-0.2, -0.15) is 0 Å². The summed E-state index contributed by atoms with van der Waals surface area (Å²) in [6, 6.07) is 0. The Balaban J connectivity index is 4.60. The van der Waals surface area contributed by atoms with Gasteiger partial charge < -0.3 is 13.8 Å². The lowest BCUT2D eigenvalue weighted by atomic mass is 10.2. The van der Waals surface area contributed by atoms with E-state index >= 15 is 0 Å². The molecule has 18 heavy (non-hydrogen) atoms. The normalized spacial score (nSPS) is 17.1. The Kier molecular flexibility index (Phi) is 8.16. The van der Waals surface area contributed by atoms with Gasteiger partial charge in [-0.3, -0.25) is 4.57 Å². The van der Waals surface area contributed by atoms with Crippen LogP contribution >= 0.6 is 7.60 Å². The van der Waals surface area contributed by atoms with Crippen LogP contribution in [0.4, 0.5) is 0 Å². The minimum absolute atomic E-state index is 0.303. The maximum Gasteiger partial charge on any atom is 0.330 e. The highest BCUT2D eigenvalue weighted by Crippen LogP contribution is 2.49. The molecule has 0 aliphatic heterocycles. The van der Waals surface area contributed by atoms with Crippen molar-refractivity contribution < 1.29 is 23.1 Å². The number of esters is 1. The molecule has 0 bridgehead atoms. The third-order valence-corrected chi connectivity index (χ3v) is 4.37. The SMILES string of the molecule is CCOC(=O)C=C(C)C(C)OP(=O)(CC)OCC. The van der Waals surface area contributed by atoms with Crippen LogP contribution in [-0.4, -0.2) is 31.4 Å². The summed E-state index contributed by atoms with van der Waals surface area (Å²) in [5.41, 5.74) is 0.654. The summed E-state index contributed by atoms with van der Waals surface area (Å²) in [5.74, 6) is -0.423. The van der Waals surface area contributed by atoms with Gasteiger partial charge in [-0.05, 0) is 33.3 Å². The summed E-state index contributed by atoms with van der Waals surface area (Å²) in [6.07, 6.45) is 1.20. The van der Waals surface area contributed by atoms with Crippen LogP contribution in [0.15, 0.2) is 11.6 Å². The summed E-state index contributed by atoms with van der Waals surface area (Å²) >= 11 is 0. The predicted molar refractivity (Wildman–Crippen MR) is 70.7 cm³/mol. The first-order valence-corrected chi connectivity index (χ1v) is 7.88. The average Bonchev–Trinajstić information content (AvgIpc) is 2.29. The molecule has 0 N–H and O–H groups in total. The zero-order chi connectivity index (χ0) is 14.2. The maximum absolute atomic E-state index is 12.1. The molecule has 2 atom stereocenters. The van der Waals surface area contributed by atoms with Crippen LogP contribution in [0, 0.1) is 0 Å². The molecule has 0 aliphatic rings. The Morgan fingerprint density at radius 2 is 1.89 bits per heavy atom. The molecule has 6 heteroatoms. The number of ether oxygens (including phenoxy) is 1. The number of rotatable bonds is 8. The molecule has 0 radical (unpaired) electrons. The van der Waals surface area contributed by atoms with Gasteiger partial charge in [-0.15, -0.1) is 0 Å². The van der Waals surface area contributed by atoms with Crippen molar-refractivity contribution in [2.75, 3.05) is 19.4 Å². The lowest BCUT2D eigenvalue weighted by molar-refractivity contribution is -0.137. The van der Waals surface area contributed by atoms with Crippen LogP contribution in [0.25, 0.3) is 0 Å². The Morgan fingerprint density at radius 3 is 2.33 bits per heavy atom. The quantitative estimate of drug-likeness (QED) is 0.388. The number of carbonyl (C=O) groups excluding carboxylic acids is 1. The van der Waals surface area contributed by atoms with Crippen LogP contribution in [0.2, 0.25) is 0 Å². The van der Waals surface area contributed by atoms with Gasteiger partial charge in [-0.25, -0.2) is 4.79 Å². The molecule has 2 unspecified atom stereocenters. The van der Waals surface area contributed by atoms with Gasteiger partial charge in [0.15, 0.2) is 0 Å². The van der Waals surface area contributed by atoms with Crippen molar-refractivity contribution in [3.8, 4) is 0 Å². The van der Waals surface area contributed by atoms with Crippen molar-refractivity contribution in [3.63, 3.8) is 0 Å². The van der Waals surface area contributed by atoms with E-state index in [-0.39, 0.29) is 0 Å². The van der Waals surface area contributed by atoms with Crippen molar-refractivity contribution >= 4 is 13.6 Å². The van der Waals surface area contributed by atoms with E-state index in [1.807, 2.05) is 0 Å². The van der Waals surface area contributed by atoms with E-state index in [9.17, 15) is 9.36 Å². The molecule has 0 saturated carbocycles. The minimum atomic E-state index is -3.06. The van der Waals surface area contributed by atoms with Crippen molar-refractivity contribution in [2.45, 2.75) is 40.7 Å². The van der Waals surface area contributed by atoms with E-state index in [1.165, 1.54) is 6.08 Å². The van der Waals surface area contributed by atoms with Crippen LogP contribution in [0.5, 0.6) is 0 Å². The fraction of sp³-hybridized carbons (Fsp3) is 0.750. The third-order valence-electron chi connectivity index (χ3n) is 2.31. The molecule has 0 saturated heterocycles. The van der Waals surface area contributed by atoms with Crippen molar-refractivity contribution in [3.05, 3.63) is 11.6 Å². The second-order valence-corrected chi connectivity index (χ2v) is 6.06. The van der Waals surface area contributed by atoms with E-state index in [2.05, 4.69) is 0 Å². The van der Waals surface area contributed by atoms with Crippen LogP contribution in [0.3, 0.4) is 0 Å². The standard InChI is InChI=1S/C12H23O5P/c1-6-15-12(13)9-10(4)11(5)17-18(14,8-3)16-7-2/h9,11H,6-8H2,1-5H3. The number of hydrogen-bond donors (Lipinski definition) is 0. The van der Waals surface area contributed by atoms with E-state index < -0.39 is 19.7 Å². The first-order chi connectivity index (χ1) is 8.38.